The molecule has 2 aromatic rings. The number of hydrogen-bond acceptors (Lipinski definition) is 4. The lowest BCUT2D eigenvalue weighted by Crippen LogP contribution is -2.42. The van der Waals surface area contributed by atoms with Crippen LogP contribution in [0.1, 0.15) is 30.5 Å². The fourth-order valence-electron chi connectivity index (χ4n) is 2.02. The summed E-state index contributed by atoms with van der Waals surface area (Å²) >= 11 is 0. The monoisotopic (exact) mass is 275 g/mol. The minimum absolute atomic E-state index is 0.0323. The van der Waals surface area contributed by atoms with Gasteiger partial charge in [0.1, 0.15) is 5.58 Å². The minimum Gasteiger partial charge on any atom is -0.423 e. The third kappa shape index (κ3) is 3.08. The Kier molecular flexibility index (Phi) is 3.97. The molecule has 1 aromatic carbocycles. The van der Waals surface area contributed by atoms with Crippen molar-refractivity contribution in [3.63, 3.8) is 0 Å². The fraction of sp³-hybridized carbons (Fsp3) is 0.438. The Balaban J connectivity index is 2.47. The number of aliphatic hydroxyl groups is 1. The van der Waals surface area contributed by atoms with Gasteiger partial charge in [0.25, 0.3) is 0 Å². The number of benzene rings is 1. The van der Waals surface area contributed by atoms with Crippen molar-refractivity contribution >= 4 is 11.0 Å². The van der Waals surface area contributed by atoms with Crippen LogP contribution in [0.5, 0.6) is 0 Å². The van der Waals surface area contributed by atoms with Gasteiger partial charge in [-0.1, -0.05) is 0 Å². The van der Waals surface area contributed by atoms with Gasteiger partial charge in [0.05, 0.1) is 6.61 Å². The lowest BCUT2D eigenvalue weighted by molar-refractivity contribution is 0.187. The molecule has 0 atom stereocenters. The predicted octanol–water partition coefficient (Wildman–Crippen LogP) is 2.27. The molecule has 0 amide bonds. The Hall–Kier alpha value is -1.65. The van der Waals surface area contributed by atoms with Crippen LogP contribution >= 0.6 is 0 Å². The first kappa shape index (κ1) is 14.8. The predicted molar refractivity (Wildman–Crippen MR) is 80.0 cm³/mol. The lowest BCUT2D eigenvalue weighted by Gasteiger charge is -2.23. The summed E-state index contributed by atoms with van der Waals surface area (Å²) in [5.41, 5.74) is 3.03. The molecule has 1 heterocycles. The number of aliphatic hydroxyl groups excluding tert-OH is 1. The summed E-state index contributed by atoms with van der Waals surface area (Å²) in [4.78, 5) is 11.7. The standard InChI is InChI=1S/C16H21NO3/c1-10-5-13-12(8-17-16(3,4)9-18)7-15(19)20-14(13)6-11(10)2/h5-7,17-18H,8-9H2,1-4H3. The van der Waals surface area contributed by atoms with E-state index < -0.39 is 0 Å². The summed E-state index contributed by atoms with van der Waals surface area (Å²) in [7, 11) is 0. The van der Waals surface area contributed by atoms with Gasteiger partial charge in [0.2, 0.25) is 0 Å². The minimum atomic E-state index is -0.387. The van der Waals surface area contributed by atoms with Gasteiger partial charge in [-0.15, -0.1) is 0 Å². The van der Waals surface area contributed by atoms with Crippen LogP contribution in [-0.2, 0) is 6.54 Å². The Labute approximate surface area is 118 Å². The van der Waals surface area contributed by atoms with Crippen molar-refractivity contribution < 1.29 is 9.52 Å². The van der Waals surface area contributed by atoms with Crippen LogP contribution in [0.3, 0.4) is 0 Å². The van der Waals surface area contributed by atoms with Gasteiger partial charge < -0.3 is 14.8 Å². The molecule has 2 rings (SSSR count). The molecule has 0 bridgehead atoms. The van der Waals surface area contributed by atoms with E-state index in [1.165, 1.54) is 6.07 Å². The van der Waals surface area contributed by atoms with Gasteiger partial charge >= 0.3 is 5.63 Å². The first-order valence-electron chi connectivity index (χ1n) is 6.72. The van der Waals surface area contributed by atoms with Gasteiger partial charge in [-0.3, -0.25) is 0 Å². The van der Waals surface area contributed by atoms with Crippen molar-refractivity contribution in [1.29, 1.82) is 0 Å². The number of fused-ring (bicyclic) bond motifs is 1. The Bertz CT molecular complexity index is 686. The van der Waals surface area contributed by atoms with E-state index in [2.05, 4.69) is 5.32 Å². The van der Waals surface area contributed by atoms with Crippen LogP contribution in [0.2, 0.25) is 0 Å². The highest BCUT2D eigenvalue weighted by molar-refractivity contribution is 5.81. The van der Waals surface area contributed by atoms with Gasteiger partial charge in [-0.05, 0) is 56.5 Å². The van der Waals surface area contributed by atoms with Crippen LogP contribution in [0.4, 0.5) is 0 Å². The maximum Gasteiger partial charge on any atom is 0.336 e. The molecule has 0 aliphatic rings. The summed E-state index contributed by atoms with van der Waals surface area (Å²) in [5, 5.41) is 13.5. The number of nitrogens with one attached hydrogen (secondary N) is 1. The fourth-order valence-corrected chi connectivity index (χ4v) is 2.02. The first-order valence-corrected chi connectivity index (χ1v) is 6.72. The summed E-state index contributed by atoms with van der Waals surface area (Å²) in [6, 6.07) is 5.45. The molecule has 20 heavy (non-hydrogen) atoms. The molecule has 0 saturated heterocycles. The third-order valence-corrected chi connectivity index (χ3v) is 3.60. The molecule has 0 unspecified atom stereocenters. The first-order chi connectivity index (χ1) is 9.32. The highest BCUT2D eigenvalue weighted by Crippen LogP contribution is 2.22. The molecule has 0 spiro atoms. The van der Waals surface area contributed by atoms with Gasteiger partial charge in [0.15, 0.2) is 0 Å². The average molecular weight is 275 g/mol. The topological polar surface area (TPSA) is 62.5 Å². The second kappa shape index (κ2) is 5.38. The molecule has 0 aliphatic heterocycles. The van der Waals surface area contributed by atoms with Crippen molar-refractivity contribution in [2.24, 2.45) is 0 Å². The van der Waals surface area contributed by atoms with Crippen LogP contribution in [0.15, 0.2) is 27.4 Å². The van der Waals surface area contributed by atoms with Crippen LogP contribution < -0.4 is 10.9 Å². The van der Waals surface area contributed by atoms with E-state index in [1.54, 1.807) is 0 Å². The van der Waals surface area contributed by atoms with Crippen LogP contribution in [0, 0.1) is 13.8 Å². The normalized spacial score (nSPS) is 12.1. The maximum absolute atomic E-state index is 11.7. The number of aryl methyl sites for hydroxylation is 2. The van der Waals surface area contributed by atoms with Gasteiger partial charge in [-0.2, -0.15) is 0 Å². The molecular weight excluding hydrogens is 254 g/mol. The molecule has 0 aliphatic carbocycles. The van der Waals surface area contributed by atoms with E-state index in [-0.39, 0.29) is 17.8 Å². The number of hydrogen-bond donors (Lipinski definition) is 2. The van der Waals surface area contributed by atoms with E-state index in [0.717, 1.165) is 22.1 Å². The van der Waals surface area contributed by atoms with Gasteiger partial charge in [-0.25, -0.2) is 4.79 Å². The summed E-state index contributed by atoms with van der Waals surface area (Å²) in [6.07, 6.45) is 0. The zero-order valence-corrected chi connectivity index (χ0v) is 12.4. The molecule has 4 heteroatoms. The zero-order valence-electron chi connectivity index (χ0n) is 12.4. The lowest BCUT2D eigenvalue weighted by atomic mass is 10.0. The van der Waals surface area contributed by atoms with E-state index in [4.69, 9.17) is 4.42 Å². The van der Waals surface area contributed by atoms with Crippen molar-refractivity contribution in [3.8, 4) is 0 Å². The summed E-state index contributed by atoms with van der Waals surface area (Å²) in [6.45, 7) is 8.40. The van der Waals surface area contributed by atoms with E-state index in [1.807, 2.05) is 39.8 Å². The molecule has 0 saturated carbocycles. The van der Waals surface area contributed by atoms with Crippen molar-refractivity contribution in [3.05, 3.63) is 45.3 Å². The van der Waals surface area contributed by atoms with Gasteiger partial charge in [0, 0.05) is 23.5 Å². The highest BCUT2D eigenvalue weighted by atomic mass is 16.4. The van der Waals surface area contributed by atoms with Crippen LogP contribution in [-0.4, -0.2) is 17.3 Å². The van der Waals surface area contributed by atoms with E-state index in [9.17, 15) is 9.90 Å². The largest absolute Gasteiger partial charge is 0.423 e. The van der Waals surface area contributed by atoms with Crippen molar-refractivity contribution in [2.45, 2.75) is 39.8 Å². The van der Waals surface area contributed by atoms with Crippen LogP contribution in [0.25, 0.3) is 11.0 Å². The van der Waals surface area contributed by atoms with Crippen molar-refractivity contribution in [1.82, 2.24) is 5.32 Å². The molecule has 108 valence electrons. The second-order valence-electron chi connectivity index (χ2n) is 5.92. The maximum atomic E-state index is 11.7. The Morgan fingerprint density at radius 3 is 2.50 bits per heavy atom. The highest BCUT2D eigenvalue weighted by Gasteiger charge is 2.16. The quantitative estimate of drug-likeness (QED) is 0.840. The molecule has 4 nitrogen and oxygen atoms in total. The molecule has 0 radical (unpaired) electrons. The zero-order chi connectivity index (χ0) is 14.9. The Morgan fingerprint density at radius 2 is 1.85 bits per heavy atom. The number of rotatable bonds is 4. The molecule has 1 aromatic heterocycles. The molecule has 0 fully saturated rings. The summed E-state index contributed by atoms with van der Waals surface area (Å²) in [5.74, 6) is 0. The SMILES string of the molecule is Cc1cc2oc(=O)cc(CNC(C)(C)CO)c2cc1C. The van der Waals surface area contributed by atoms with E-state index in [0.29, 0.717) is 12.1 Å². The van der Waals surface area contributed by atoms with E-state index >= 15 is 0 Å². The molecule has 2 N–H and O–H groups in total. The smallest absolute Gasteiger partial charge is 0.336 e. The molecular formula is C16H21NO3. The summed E-state index contributed by atoms with van der Waals surface area (Å²) < 4.78 is 5.26. The second-order valence-corrected chi connectivity index (χ2v) is 5.92. The third-order valence-electron chi connectivity index (χ3n) is 3.60. The average Bonchev–Trinajstić information content (AvgIpc) is 2.38. The Morgan fingerprint density at radius 1 is 1.20 bits per heavy atom. The van der Waals surface area contributed by atoms with Crippen molar-refractivity contribution in [2.75, 3.05) is 6.61 Å².